The van der Waals surface area contributed by atoms with Gasteiger partial charge in [-0.15, -0.1) is 0 Å². The fourth-order valence-electron chi connectivity index (χ4n) is 3.37. The van der Waals surface area contributed by atoms with Crippen LogP contribution >= 0.6 is 11.6 Å². The number of hydrazone groups is 1. The number of rotatable bonds is 10. The average molecular weight is 508 g/mol. The molecule has 3 rings (SSSR count). The van der Waals surface area contributed by atoms with Crippen LogP contribution in [0.2, 0.25) is 5.02 Å². The van der Waals surface area contributed by atoms with Crippen LogP contribution in [-0.2, 0) is 11.4 Å². The Labute approximate surface area is 216 Å². The third kappa shape index (κ3) is 7.33. The minimum atomic E-state index is -0.794. The summed E-state index contributed by atoms with van der Waals surface area (Å²) in [7, 11) is 1.56. The molecule has 7 nitrogen and oxygen atoms in total. The molecule has 0 saturated carbocycles. The lowest BCUT2D eigenvalue weighted by molar-refractivity contribution is -0.123. The Morgan fingerprint density at radius 3 is 2.42 bits per heavy atom. The highest BCUT2D eigenvalue weighted by Crippen LogP contribution is 2.28. The van der Waals surface area contributed by atoms with E-state index in [2.05, 4.69) is 15.8 Å². The van der Waals surface area contributed by atoms with Crippen LogP contribution in [0.3, 0.4) is 0 Å². The van der Waals surface area contributed by atoms with Crippen molar-refractivity contribution in [3.8, 4) is 11.5 Å². The Balaban J connectivity index is 1.61. The zero-order valence-corrected chi connectivity index (χ0v) is 21.5. The third-order valence-corrected chi connectivity index (χ3v) is 5.77. The molecule has 0 bridgehead atoms. The van der Waals surface area contributed by atoms with E-state index in [1.807, 2.05) is 51.1 Å². The monoisotopic (exact) mass is 507 g/mol. The van der Waals surface area contributed by atoms with Crippen LogP contribution in [0.5, 0.6) is 11.5 Å². The van der Waals surface area contributed by atoms with Crippen LogP contribution in [-0.4, -0.2) is 31.2 Å². The van der Waals surface area contributed by atoms with Crippen molar-refractivity contribution in [1.29, 1.82) is 0 Å². The summed E-state index contributed by atoms with van der Waals surface area (Å²) < 4.78 is 11.4. The van der Waals surface area contributed by atoms with Gasteiger partial charge in [-0.1, -0.05) is 67.4 Å². The van der Waals surface area contributed by atoms with Gasteiger partial charge in [-0.2, -0.15) is 5.10 Å². The summed E-state index contributed by atoms with van der Waals surface area (Å²) in [5.74, 6) is 0.110. The highest BCUT2D eigenvalue weighted by molar-refractivity contribution is 6.33. The Hall–Kier alpha value is -3.84. The van der Waals surface area contributed by atoms with Crippen LogP contribution in [0.15, 0.2) is 71.8 Å². The Morgan fingerprint density at radius 2 is 1.75 bits per heavy atom. The van der Waals surface area contributed by atoms with Crippen molar-refractivity contribution in [3.05, 3.63) is 94.0 Å². The number of benzene rings is 3. The lowest BCUT2D eigenvalue weighted by atomic mass is 10.0. The lowest BCUT2D eigenvalue weighted by Crippen LogP contribution is -2.48. The molecule has 8 heteroatoms. The van der Waals surface area contributed by atoms with E-state index in [0.717, 1.165) is 5.56 Å². The smallest absolute Gasteiger partial charge is 0.262 e. The van der Waals surface area contributed by atoms with Crippen LogP contribution in [0.25, 0.3) is 0 Å². The van der Waals surface area contributed by atoms with E-state index in [-0.39, 0.29) is 5.92 Å². The highest BCUT2D eigenvalue weighted by atomic mass is 35.5. The zero-order valence-electron chi connectivity index (χ0n) is 20.7. The summed E-state index contributed by atoms with van der Waals surface area (Å²) in [4.78, 5) is 25.3. The number of halogens is 1. The second-order valence-electron chi connectivity index (χ2n) is 8.59. The fraction of sp³-hybridized carbons (Fsp3) is 0.250. The van der Waals surface area contributed by atoms with Gasteiger partial charge >= 0.3 is 0 Å². The van der Waals surface area contributed by atoms with E-state index in [9.17, 15) is 9.59 Å². The highest BCUT2D eigenvalue weighted by Gasteiger charge is 2.25. The second kappa shape index (κ2) is 12.7. The van der Waals surface area contributed by atoms with Crippen molar-refractivity contribution < 1.29 is 19.1 Å². The molecule has 3 aromatic carbocycles. The minimum absolute atomic E-state index is 0.170. The number of amides is 2. The first-order valence-corrected chi connectivity index (χ1v) is 11.9. The van der Waals surface area contributed by atoms with Gasteiger partial charge in [-0.25, -0.2) is 5.43 Å². The molecule has 3 aromatic rings. The maximum atomic E-state index is 12.7. The van der Waals surface area contributed by atoms with Crippen LogP contribution in [0, 0.1) is 12.8 Å². The van der Waals surface area contributed by atoms with E-state index in [1.165, 1.54) is 11.8 Å². The fourth-order valence-corrected chi connectivity index (χ4v) is 3.59. The summed E-state index contributed by atoms with van der Waals surface area (Å²) in [5.41, 5.74) is 5.75. The van der Waals surface area contributed by atoms with Gasteiger partial charge in [0.2, 0.25) is 0 Å². The van der Waals surface area contributed by atoms with Gasteiger partial charge in [0, 0.05) is 0 Å². The van der Waals surface area contributed by atoms with Gasteiger partial charge in [-0.3, -0.25) is 9.59 Å². The predicted molar refractivity (Wildman–Crippen MR) is 142 cm³/mol. The van der Waals surface area contributed by atoms with Gasteiger partial charge in [0.25, 0.3) is 11.8 Å². The van der Waals surface area contributed by atoms with Crippen molar-refractivity contribution in [2.24, 2.45) is 11.0 Å². The van der Waals surface area contributed by atoms with Crippen molar-refractivity contribution in [2.45, 2.75) is 33.4 Å². The average Bonchev–Trinajstić information content (AvgIpc) is 2.87. The molecule has 0 aromatic heterocycles. The van der Waals surface area contributed by atoms with Crippen LogP contribution in [0.1, 0.15) is 40.9 Å². The normalized spacial score (nSPS) is 11.8. The number of carbonyl (C=O) groups is 2. The largest absolute Gasteiger partial charge is 0.493 e. The predicted octanol–water partition coefficient (Wildman–Crippen LogP) is 5.14. The van der Waals surface area contributed by atoms with E-state index >= 15 is 0 Å². The van der Waals surface area contributed by atoms with Gasteiger partial charge in [-0.05, 0) is 54.3 Å². The molecule has 1 atom stereocenters. The maximum absolute atomic E-state index is 12.7. The molecule has 2 N–H and O–H groups in total. The number of methoxy groups -OCH3 is 1. The van der Waals surface area contributed by atoms with Crippen LogP contribution < -0.4 is 20.2 Å². The molecule has 0 saturated heterocycles. The number of nitrogens with zero attached hydrogens (tertiary/aromatic N) is 1. The number of carbonyl (C=O) groups excluding carboxylic acids is 2. The minimum Gasteiger partial charge on any atom is -0.493 e. The SMILES string of the molecule is COc1cc(C=NNC(=O)C(NC(=O)c2ccccc2Cl)C(C)C)ccc1OCc1ccc(C)cc1. The number of nitrogens with one attached hydrogen (secondary N) is 2. The number of aryl methyl sites for hydroxylation is 1. The Kier molecular flexibility index (Phi) is 9.47. The van der Waals surface area contributed by atoms with E-state index in [1.54, 1.807) is 43.5 Å². The molecular weight excluding hydrogens is 478 g/mol. The molecule has 0 spiro atoms. The summed E-state index contributed by atoms with van der Waals surface area (Å²) in [5, 5.41) is 7.10. The molecule has 0 aliphatic heterocycles. The maximum Gasteiger partial charge on any atom is 0.262 e. The first-order chi connectivity index (χ1) is 17.3. The standard InChI is InChI=1S/C28H30ClN3O4/c1-18(2)26(31-27(33)22-7-5-6-8-23(22)29)28(34)32-30-16-21-13-14-24(25(15-21)35-4)36-17-20-11-9-19(3)10-12-20/h5-16,18,26H,17H2,1-4H3,(H,31,33)(H,32,34). The molecule has 0 heterocycles. The number of ether oxygens (including phenoxy) is 2. The Morgan fingerprint density at radius 1 is 1.03 bits per heavy atom. The quantitative estimate of drug-likeness (QED) is 0.294. The van der Waals surface area contributed by atoms with Crippen molar-refractivity contribution in [2.75, 3.05) is 7.11 Å². The summed E-state index contributed by atoms with van der Waals surface area (Å²) in [6.07, 6.45) is 1.50. The van der Waals surface area contributed by atoms with Crippen LogP contribution in [0.4, 0.5) is 0 Å². The summed E-state index contributed by atoms with van der Waals surface area (Å²) in [6, 6.07) is 19.4. The molecule has 188 valence electrons. The van der Waals surface area contributed by atoms with Crippen molar-refractivity contribution in [1.82, 2.24) is 10.7 Å². The summed E-state index contributed by atoms with van der Waals surface area (Å²) in [6.45, 7) is 6.12. The van der Waals surface area contributed by atoms with E-state index < -0.39 is 17.9 Å². The summed E-state index contributed by atoms with van der Waals surface area (Å²) >= 11 is 6.10. The molecule has 36 heavy (non-hydrogen) atoms. The molecule has 0 radical (unpaired) electrons. The molecule has 0 aliphatic rings. The third-order valence-electron chi connectivity index (χ3n) is 5.45. The molecule has 0 aliphatic carbocycles. The molecule has 2 amide bonds. The zero-order chi connectivity index (χ0) is 26.1. The van der Waals surface area contributed by atoms with Gasteiger partial charge in [0.15, 0.2) is 11.5 Å². The van der Waals surface area contributed by atoms with Gasteiger partial charge in [0.05, 0.1) is 23.9 Å². The van der Waals surface area contributed by atoms with Gasteiger partial charge < -0.3 is 14.8 Å². The van der Waals surface area contributed by atoms with Gasteiger partial charge in [0.1, 0.15) is 12.6 Å². The number of hydrogen-bond donors (Lipinski definition) is 2. The first kappa shape index (κ1) is 26.8. The van der Waals surface area contributed by atoms with E-state index in [0.29, 0.717) is 34.3 Å². The Bertz CT molecular complexity index is 1230. The number of hydrogen-bond acceptors (Lipinski definition) is 5. The molecule has 1 unspecified atom stereocenters. The molecular formula is C28H30ClN3O4. The lowest BCUT2D eigenvalue weighted by Gasteiger charge is -2.20. The topological polar surface area (TPSA) is 89.0 Å². The van der Waals surface area contributed by atoms with E-state index in [4.69, 9.17) is 21.1 Å². The molecule has 0 fully saturated rings. The second-order valence-corrected chi connectivity index (χ2v) is 9.00. The van der Waals surface area contributed by atoms with Crippen molar-refractivity contribution in [3.63, 3.8) is 0 Å². The first-order valence-electron chi connectivity index (χ1n) is 11.5. The van der Waals surface area contributed by atoms with Crippen molar-refractivity contribution >= 4 is 29.6 Å².